The van der Waals surface area contributed by atoms with Crippen LogP contribution in [-0.2, 0) is 4.74 Å². The molecule has 0 radical (unpaired) electrons. The van der Waals surface area contributed by atoms with Gasteiger partial charge in [0.25, 0.3) is 0 Å². The van der Waals surface area contributed by atoms with Gasteiger partial charge >= 0.3 is 0 Å². The molecule has 2 aliphatic rings. The zero-order valence-corrected chi connectivity index (χ0v) is 11.2. The lowest BCUT2D eigenvalue weighted by Crippen LogP contribution is -2.54. The van der Waals surface area contributed by atoms with Gasteiger partial charge in [-0.1, -0.05) is 22.0 Å². The number of aliphatic hydroxyl groups is 1. The van der Waals surface area contributed by atoms with Crippen molar-refractivity contribution in [1.29, 1.82) is 0 Å². The van der Waals surface area contributed by atoms with Crippen LogP contribution < -0.4 is 4.74 Å². The number of fused-ring (bicyclic) bond motifs is 1. The lowest BCUT2D eigenvalue weighted by atomic mass is 9.71. The summed E-state index contributed by atoms with van der Waals surface area (Å²) < 4.78 is 12.3. The van der Waals surface area contributed by atoms with E-state index in [9.17, 15) is 5.11 Å². The first-order valence-electron chi connectivity index (χ1n) is 5.81. The summed E-state index contributed by atoms with van der Waals surface area (Å²) in [4.78, 5) is 0. The predicted octanol–water partition coefficient (Wildman–Crippen LogP) is 2.81. The second-order valence-corrected chi connectivity index (χ2v) is 5.87. The summed E-state index contributed by atoms with van der Waals surface area (Å²) in [5, 5.41) is 10.2. The van der Waals surface area contributed by atoms with E-state index in [1.165, 1.54) is 0 Å². The normalized spacial score (nSPS) is 35.0. The Labute approximate surface area is 109 Å². The van der Waals surface area contributed by atoms with Crippen LogP contribution in [0.25, 0.3) is 0 Å². The molecule has 1 atom stereocenters. The Bertz CT molecular complexity index is 440. The number of hydrogen-bond acceptors (Lipinski definition) is 3. The third kappa shape index (κ3) is 1.88. The van der Waals surface area contributed by atoms with Crippen LogP contribution in [0.5, 0.6) is 5.75 Å². The molecule has 1 aromatic rings. The summed E-state index contributed by atoms with van der Waals surface area (Å²) in [6, 6.07) is 5.78. The minimum atomic E-state index is -0.426. The van der Waals surface area contributed by atoms with Crippen LogP contribution in [0.1, 0.15) is 30.9 Å². The average Bonchev–Trinajstić information content (AvgIpc) is 2.24. The molecule has 1 saturated carbocycles. The number of rotatable bonds is 1. The van der Waals surface area contributed by atoms with Crippen LogP contribution in [0.2, 0.25) is 0 Å². The van der Waals surface area contributed by atoms with E-state index in [1.54, 1.807) is 7.11 Å². The van der Waals surface area contributed by atoms with Gasteiger partial charge in [-0.2, -0.15) is 0 Å². The molecule has 3 rings (SSSR count). The first-order chi connectivity index (χ1) is 8.12. The zero-order chi connectivity index (χ0) is 12.0. The summed E-state index contributed by atoms with van der Waals surface area (Å²) in [6.45, 7) is 0. The molecule has 4 heteroatoms. The van der Waals surface area contributed by atoms with Crippen LogP contribution in [0.4, 0.5) is 0 Å². The molecule has 1 N–H and O–H groups in total. The predicted molar refractivity (Wildman–Crippen MR) is 67.1 cm³/mol. The van der Waals surface area contributed by atoms with Crippen LogP contribution in [0, 0.1) is 0 Å². The fourth-order valence-electron chi connectivity index (χ4n) is 2.80. The van der Waals surface area contributed by atoms with Gasteiger partial charge in [-0.3, -0.25) is 0 Å². The molecule has 0 amide bonds. The number of benzene rings is 1. The maximum Gasteiger partial charge on any atom is 0.127 e. The Morgan fingerprint density at radius 3 is 2.88 bits per heavy atom. The van der Waals surface area contributed by atoms with Gasteiger partial charge in [0.1, 0.15) is 11.4 Å². The van der Waals surface area contributed by atoms with E-state index in [0.29, 0.717) is 6.42 Å². The van der Waals surface area contributed by atoms with Crippen molar-refractivity contribution in [3.63, 3.8) is 0 Å². The summed E-state index contributed by atoms with van der Waals surface area (Å²) in [5.74, 6) is 0.799. The van der Waals surface area contributed by atoms with Crippen LogP contribution in [-0.4, -0.2) is 23.9 Å². The summed E-state index contributed by atoms with van der Waals surface area (Å²) >= 11 is 3.43. The minimum Gasteiger partial charge on any atom is -0.487 e. The standard InChI is InChI=1S/C13H15BrO3/c1-16-9-5-13(6-9)7-11(15)10-3-2-8(14)4-12(10)17-13/h2-4,9,11,15H,5-7H2,1H3/t9?,11-,13?/m1/s1. The molecule has 3 nitrogen and oxygen atoms in total. The van der Waals surface area contributed by atoms with Gasteiger partial charge in [0.15, 0.2) is 0 Å². The molecule has 1 fully saturated rings. The van der Waals surface area contributed by atoms with Gasteiger partial charge in [-0.15, -0.1) is 0 Å². The van der Waals surface area contributed by atoms with Gasteiger partial charge in [-0.05, 0) is 12.1 Å². The van der Waals surface area contributed by atoms with Gasteiger partial charge in [-0.25, -0.2) is 0 Å². The zero-order valence-electron chi connectivity index (χ0n) is 9.65. The molecule has 0 saturated heterocycles. The van der Waals surface area contributed by atoms with E-state index in [1.807, 2.05) is 18.2 Å². The Morgan fingerprint density at radius 1 is 1.41 bits per heavy atom. The number of methoxy groups -OCH3 is 1. The number of ether oxygens (including phenoxy) is 2. The van der Waals surface area contributed by atoms with E-state index in [2.05, 4.69) is 15.9 Å². The summed E-state index contributed by atoms with van der Waals surface area (Å²) in [5.41, 5.74) is 0.674. The van der Waals surface area contributed by atoms with Crippen molar-refractivity contribution < 1.29 is 14.6 Å². The van der Waals surface area contributed by atoms with E-state index >= 15 is 0 Å². The summed E-state index contributed by atoms with van der Waals surface area (Å²) in [7, 11) is 1.72. The molecular formula is C13H15BrO3. The Kier molecular flexibility index (Phi) is 2.69. The second kappa shape index (κ2) is 3.97. The minimum absolute atomic E-state index is 0.214. The van der Waals surface area contributed by atoms with E-state index in [-0.39, 0.29) is 11.7 Å². The quantitative estimate of drug-likeness (QED) is 0.866. The van der Waals surface area contributed by atoms with Crippen molar-refractivity contribution in [1.82, 2.24) is 0 Å². The van der Waals surface area contributed by atoms with Crippen molar-refractivity contribution in [3.8, 4) is 5.75 Å². The number of hydrogen-bond donors (Lipinski definition) is 1. The number of aliphatic hydroxyl groups excluding tert-OH is 1. The second-order valence-electron chi connectivity index (χ2n) is 4.95. The SMILES string of the molecule is COC1CC2(C1)C[C@@H](O)c1ccc(Br)cc1O2. The molecule has 1 aliphatic heterocycles. The highest BCUT2D eigenvalue weighted by Crippen LogP contribution is 2.50. The highest BCUT2D eigenvalue weighted by atomic mass is 79.9. The van der Waals surface area contributed by atoms with E-state index in [0.717, 1.165) is 28.6 Å². The summed E-state index contributed by atoms with van der Waals surface area (Å²) in [6.07, 6.45) is 2.25. The van der Waals surface area contributed by atoms with Gasteiger partial charge in [0, 0.05) is 36.4 Å². The molecule has 1 aliphatic carbocycles. The maximum atomic E-state index is 10.2. The van der Waals surface area contributed by atoms with Crippen LogP contribution >= 0.6 is 15.9 Å². The average molecular weight is 299 g/mol. The van der Waals surface area contributed by atoms with Gasteiger partial charge in [0.05, 0.1) is 12.2 Å². The van der Waals surface area contributed by atoms with Gasteiger partial charge < -0.3 is 14.6 Å². The van der Waals surface area contributed by atoms with E-state index in [4.69, 9.17) is 9.47 Å². The molecule has 0 aromatic heterocycles. The third-order valence-corrected chi connectivity index (χ3v) is 4.25. The van der Waals surface area contributed by atoms with Crippen molar-refractivity contribution in [3.05, 3.63) is 28.2 Å². The first kappa shape index (κ1) is 11.5. The Morgan fingerprint density at radius 2 is 2.18 bits per heavy atom. The van der Waals surface area contributed by atoms with Crippen molar-refractivity contribution in [2.45, 2.75) is 37.1 Å². The third-order valence-electron chi connectivity index (χ3n) is 3.76. The fraction of sp³-hybridized carbons (Fsp3) is 0.538. The van der Waals surface area contributed by atoms with Crippen LogP contribution in [0.15, 0.2) is 22.7 Å². The lowest BCUT2D eigenvalue weighted by molar-refractivity contribution is -0.139. The van der Waals surface area contributed by atoms with Crippen molar-refractivity contribution in [2.24, 2.45) is 0 Å². The van der Waals surface area contributed by atoms with Crippen LogP contribution in [0.3, 0.4) is 0 Å². The molecule has 0 bridgehead atoms. The largest absolute Gasteiger partial charge is 0.487 e. The Balaban J connectivity index is 1.88. The molecule has 0 unspecified atom stereocenters. The molecular weight excluding hydrogens is 284 g/mol. The van der Waals surface area contributed by atoms with Gasteiger partial charge in [0.2, 0.25) is 0 Å². The van der Waals surface area contributed by atoms with Crippen molar-refractivity contribution in [2.75, 3.05) is 7.11 Å². The number of halogens is 1. The molecule has 1 aromatic carbocycles. The van der Waals surface area contributed by atoms with Crippen molar-refractivity contribution >= 4 is 15.9 Å². The topological polar surface area (TPSA) is 38.7 Å². The fourth-order valence-corrected chi connectivity index (χ4v) is 3.14. The monoisotopic (exact) mass is 298 g/mol. The molecule has 1 heterocycles. The van der Waals surface area contributed by atoms with E-state index < -0.39 is 6.10 Å². The maximum absolute atomic E-state index is 10.2. The molecule has 17 heavy (non-hydrogen) atoms. The highest BCUT2D eigenvalue weighted by molar-refractivity contribution is 9.10. The lowest BCUT2D eigenvalue weighted by Gasteiger charge is -2.50. The Hall–Kier alpha value is -0.580. The molecule has 92 valence electrons. The highest BCUT2D eigenvalue weighted by Gasteiger charge is 2.50. The first-order valence-corrected chi connectivity index (χ1v) is 6.60. The smallest absolute Gasteiger partial charge is 0.127 e. The molecule has 1 spiro atoms.